The number of ether oxygens (including phenoxy) is 1. The summed E-state index contributed by atoms with van der Waals surface area (Å²) in [4.78, 5) is 17.0. The maximum Gasteiger partial charge on any atom is 0.317 e. The van der Waals surface area contributed by atoms with Crippen LogP contribution in [-0.2, 0) is 12.8 Å². The van der Waals surface area contributed by atoms with Crippen molar-refractivity contribution in [3.05, 3.63) is 65.7 Å². The van der Waals surface area contributed by atoms with Crippen LogP contribution in [-0.4, -0.2) is 61.7 Å². The Morgan fingerprint density at radius 3 is 2.28 bits per heavy atom. The second-order valence-corrected chi connectivity index (χ2v) is 7.80. The molecule has 0 spiro atoms. The van der Waals surface area contributed by atoms with E-state index >= 15 is 0 Å². The van der Waals surface area contributed by atoms with Crippen molar-refractivity contribution in [1.82, 2.24) is 15.1 Å². The van der Waals surface area contributed by atoms with Crippen molar-refractivity contribution < 1.29 is 9.53 Å². The van der Waals surface area contributed by atoms with E-state index in [1.165, 1.54) is 11.1 Å². The van der Waals surface area contributed by atoms with Crippen molar-refractivity contribution in [2.75, 3.05) is 39.8 Å². The number of amides is 2. The Balaban J connectivity index is 1.34. The lowest BCUT2D eigenvalue weighted by Gasteiger charge is -2.35. The highest BCUT2D eigenvalue weighted by Gasteiger charge is 2.21. The van der Waals surface area contributed by atoms with Crippen molar-refractivity contribution in [2.45, 2.75) is 32.2 Å². The van der Waals surface area contributed by atoms with Gasteiger partial charge in [-0.2, -0.15) is 0 Å². The van der Waals surface area contributed by atoms with Crippen molar-refractivity contribution in [2.24, 2.45) is 0 Å². The fraction of sp³-hybridized carbons (Fsp3) is 0.458. The molecule has 1 aliphatic rings. The van der Waals surface area contributed by atoms with Gasteiger partial charge in [-0.05, 0) is 49.4 Å². The normalized spacial score (nSPS) is 15.7. The number of urea groups is 1. The fourth-order valence-corrected chi connectivity index (χ4v) is 3.66. The molecule has 3 rings (SSSR count). The molecule has 1 saturated heterocycles. The first kappa shape index (κ1) is 21.2. The maximum absolute atomic E-state index is 12.6. The lowest BCUT2D eigenvalue weighted by molar-refractivity contribution is 0.138. The van der Waals surface area contributed by atoms with Crippen LogP contribution >= 0.6 is 0 Å². The Hall–Kier alpha value is -2.53. The third-order valence-corrected chi connectivity index (χ3v) is 5.61. The van der Waals surface area contributed by atoms with Crippen LogP contribution in [0.3, 0.4) is 0 Å². The highest BCUT2D eigenvalue weighted by Crippen LogP contribution is 2.13. The largest absolute Gasteiger partial charge is 0.497 e. The molecule has 2 amide bonds. The van der Waals surface area contributed by atoms with Gasteiger partial charge in [-0.15, -0.1) is 0 Å². The molecule has 0 aliphatic carbocycles. The number of hydrogen-bond donors (Lipinski definition) is 1. The summed E-state index contributed by atoms with van der Waals surface area (Å²) in [5.41, 5.74) is 2.64. The number of hydrogen-bond acceptors (Lipinski definition) is 3. The van der Waals surface area contributed by atoms with E-state index in [1.54, 1.807) is 7.11 Å². The number of nitrogens with one attached hydrogen (secondary N) is 1. The molecule has 156 valence electrons. The number of piperazine rings is 1. The molecule has 2 aromatic rings. The highest BCUT2D eigenvalue weighted by molar-refractivity contribution is 5.74. The second kappa shape index (κ2) is 10.9. The zero-order chi connectivity index (χ0) is 20.5. The van der Waals surface area contributed by atoms with Crippen LogP contribution in [0.4, 0.5) is 4.79 Å². The van der Waals surface area contributed by atoms with Crippen molar-refractivity contribution in [3.8, 4) is 5.75 Å². The van der Waals surface area contributed by atoms with Gasteiger partial charge in [0.1, 0.15) is 5.75 Å². The van der Waals surface area contributed by atoms with Crippen LogP contribution in [0.15, 0.2) is 54.6 Å². The Morgan fingerprint density at radius 2 is 1.62 bits per heavy atom. The van der Waals surface area contributed by atoms with Gasteiger partial charge < -0.3 is 15.0 Å². The van der Waals surface area contributed by atoms with Crippen molar-refractivity contribution >= 4 is 6.03 Å². The maximum atomic E-state index is 12.6. The Bertz CT molecular complexity index is 740. The molecular weight excluding hydrogens is 362 g/mol. The van der Waals surface area contributed by atoms with Gasteiger partial charge >= 0.3 is 6.03 Å². The summed E-state index contributed by atoms with van der Waals surface area (Å²) in [6.45, 7) is 6.62. The molecule has 5 heteroatoms. The van der Waals surface area contributed by atoms with Gasteiger partial charge in [0.2, 0.25) is 0 Å². The number of carbonyl (C=O) groups is 1. The fourth-order valence-electron chi connectivity index (χ4n) is 3.66. The predicted molar refractivity (Wildman–Crippen MR) is 117 cm³/mol. The molecule has 1 atom stereocenters. The van der Waals surface area contributed by atoms with Crippen LogP contribution in [0.1, 0.15) is 24.5 Å². The molecule has 29 heavy (non-hydrogen) atoms. The Kier molecular flexibility index (Phi) is 7.94. The third kappa shape index (κ3) is 6.79. The van der Waals surface area contributed by atoms with E-state index < -0.39 is 0 Å². The average Bonchev–Trinajstić information content (AvgIpc) is 2.77. The molecule has 1 unspecified atom stereocenters. The van der Waals surface area contributed by atoms with E-state index in [-0.39, 0.29) is 12.1 Å². The molecule has 0 aromatic heterocycles. The van der Waals surface area contributed by atoms with Gasteiger partial charge in [0.15, 0.2) is 0 Å². The van der Waals surface area contributed by atoms with E-state index in [4.69, 9.17) is 4.74 Å². The van der Waals surface area contributed by atoms with Gasteiger partial charge in [-0.3, -0.25) is 4.90 Å². The molecular formula is C24H33N3O2. The second-order valence-electron chi connectivity index (χ2n) is 7.80. The van der Waals surface area contributed by atoms with E-state index in [9.17, 15) is 4.79 Å². The molecule has 0 radical (unpaired) electrons. The molecule has 2 aromatic carbocycles. The number of carbonyl (C=O) groups excluding carboxylic acids is 1. The van der Waals surface area contributed by atoms with Crippen LogP contribution < -0.4 is 10.1 Å². The molecule has 0 bridgehead atoms. The van der Waals surface area contributed by atoms with E-state index in [0.717, 1.165) is 57.7 Å². The van der Waals surface area contributed by atoms with Crippen molar-refractivity contribution in [3.63, 3.8) is 0 Å². The number of nitrogens with zero attached hydrogens (tertiary/aromatic N) is 2. The van der Waals surface area contributed by atoms with E-state index in [0.29, 0.717) is 0 Å². The van der Waals surface area contributed by atoms with Gasteiger partial charge in [0.25, 0.3) is 0 Å². The zero-order valence-electron chi connectivity index (χ0n) is 17.6. The summed E-state index contributed by atoms with van der Waals surface area (Å²) in [6.07, 6.45) is 2.93. The standard InChI is InChI=1S/C24H33N3O2/c1-20(8-9-22-10-12-23(29-2)13-11-22)25-24(28)27-18-16-26(17-19-27)15-14-21-6-4-3-5-7-21/h3-7,10-13,20H,8-9,14-19H2,1-2H3,(H,25,28). The first-order valence-electron chi connectivity index (χ1n) is 10.6. The molecule has 1 N–H and O–H groups in total. The van der Waals surface area contributed by atoms with E-state index in [2.05, 4.69) is 59.6 Å². The van der Waals surface area contributed by atoms with Crippen LogP contribution in [0.2, 0.25) is 0 Å². The van der Waals surface area contributed by atoms with E-state index in [1.807, 2.05) is 17.0 Å². The zero-order valence-corrected chi connectivity index (χ0v) is 17.6. The predicted octanol–water partition coefficient (Wildman–Crippen LogP) is 3.59. The number of methoxy groups -OCH3 is 1. The molecule has 1 fully saturated rings. The number of rotatable bonds is 8. The van der Waals surface area contributed by atoms with Crippen LogP contribution in [0.5, 0.6) is 5.75 Å². The summed E-state index contributed by atoms with van der Waals surface area (Å²) in [6, 6.07) is 18.9. The summed E-state index contributed by atoms with van der Waals surface area (Å²) < 4.78 is 5.19. The summed E-state index contributed by atoms with van der Waals surface area (Å²) in [7, 11) is 1.68. The summed E-state index contributed by atoms with van der Waals surface area (Å²) >= 11 is 0. The molecule has 0 saturated carbocycles. The van der Waals surface area contributed by atoms with Gasteiger partial charge in [-0.1, -0.05) is 42.5 Å². The SMILES string of the molecule is COc1ccc(CCC(C)NC(=O)N2CCN(CCc3ccccc3)CC2)cc1. The smallest absolute Gasteiger partial charge is 0.317 e. The molecule has 1 heterocycles. The minimum Gasteiger partial charge on any atom is -0.497 e. The topological polar surface area (TPSA) is 44.8 Å². The minimum absolute atomic E-state index is 0.0648. The Labute approximate surface area is 174 Å². The number of benzene rings is 2. The molecule has 5 nitrogen and oxygen atoms in total. The third-order valence-electron chi connectivity index (χ3n) is 5.61. The van der Waals surface area contributed by atoms with Crippen LogP contribution in [0.25, 0.3) is 0 Å². The van der Waals surface area contributed by atoms with Gasteiger partial charge in [0.05, 0.1) is 7.11 Å². The van der Waals surface area contributed by atoms with Crippen molar-refractivity contribution in [1.29, 1.82) is 0 Å². The minimum atomic E-state index is 0.0648. The summed E-state index contributed by atoms with van der Waals surface area (Å²) in [5, 5.41) is 3.16. The van der Waals surface area contributed by atoms with Gasteiger partial charge in [0, 0.05) is 38.8 Å². The number of aryl methyl sites for hydroxylation is 1. The summed E-state index contributed by atoms with van der Waals surface area (Å²) in [5.74, 6) is 0.873. The van der Waals surface area contributed by atoms with Crippen LogP contribution in [0, 0.1) is 0 Å². The first-order chi connectivity index (χ1) is 14.1. The quantitative estimate of drug-likeness (QED) is 0.743. The first-order valence-corrected chi connectivity index (χ1v) is 10.6. The lowest BCUT2D eigenvalue weighted by atomic mass is 10.1. The average molecular weight is 396 g/mol. The van der Waals surface area contributed by atoms with Gasteiger partial charge in [-0.25, -0.2) is 4.79 Å². The lowest BCUT2D eigenvalue weighted by Crippen LogP contribution is -2.53. The Morgan fingerprint density at radius 1 is 0.966 bits per heavy atom. The highest BCUT2D eigenvalue weighted by atomic mass is 16.5. The molecule has 1 aliphatic heterocycles. The monoisotopic (exact) mass is 395 g/mol.